The fourth-order valence-electron chi connectivity index (χ4n) is 2.86. The molecule has 0 aromatic rings. The van der Waals surface area contributed by atoms with Gasteiger partial charge in [-0.1, -0.05) is 31.3 Å². The van der Waals surface area contributed by atoms with Crippen LogP contribution in [0.4, 0.5) is 0 Å². The molecule has 0 saturated heterocycles. The van der Waals surface area contributed by atoms with Gasteiger partial charge in [0.2, 0.25) is 5.91 Å². The molecule has 0 aromatic heterocycles. The second kappa shape index (κ2) is 8.79. The monoisotopic (exact) mass is 285 g/mol. The molecule has 1 saturated carbocycles. The average Bonchev–Trinajstić information content (AvgIpc) is 2.45. The van der Waals surface area contributed by atoms with Crippen LogP contribution in [0.25, 0.3) is 0 Å². The maximum Gasteiger partial charge on any atom is 0.220 e. The van der Waals surface area contributed by atoms with Gasteiger partial charge in [-0.05, 0) is 24.7 Å². The van der Waals surface area contributed by atoms with Gasteiger partial charge >= 0.3 is 0 Å². The molecule has 1 fully saturated rings. The van der Waals surface area contributed by atoms with Gasteiger partial charge in [0.25, 0.3) is 0 Å². The van der Waals surface area contributed by atoms with E-state index in [1.165, 1.54) is 6.42 Å². The Morgan fingerprint density at radius 3 is 2.65 bits per heavy atom. The van der Waals surface area contributed by atoms with Crippen molar-refractivity contribution in [3.05, 3.63) is 0 Å². The van der Waals surface area contributed by atoms with Crippen molar-refractivity contribution < 1.29 is 14.7 Å². The lowest BCUT2D eigenvalue weighted by Gasteiger charge is -2.30. The fourth-order valence-corrected chi connectivity index (χ4v) is 2.86. The summed E-state index contributed by atoms with van der Waals surface area (Å²) in [5, 5.41) is 14.9. The molecule has 4 N–H and O–H groups in total. The van der Waals surface area contributed by atoms with E-state index in [1.807, 2.05) is 6.92 Å². The molecule has 0 aliphatic heterocycles. The van der Waals surface area contributed by atoms with Crippen LogP contribution < -0.4 is 11.1 Å². The number of oxime groups is 1. The average molecular weight is 285 g/mol. The standard InChI is InChI=1S/C14H27N3O3/c1-10(9-20-2)8-12(18)16-13(14(15)17-19)11-6-4-3-5-7-11/h10-11,13,19H,3-9H2,1-2H3,(H2,15,17)(H,16,18). The maximum atomic E-state index is 12.0. The number of nitrogens with one attached hydrogen (secondary N) is 1. The number of amides is 1. The Hall–Kier alpha value is -1.30. The van der Waals surface area contributed by atoms with Crippen molar-refractivity contribution in [1.82, 2.24) is 5.32 Å². The molecule has 116 valence electrons. The van der Waals surface area contributed by atoms with Crippen LogP contribution in [0.3, 0.4) is 0 Å². The minimum atomic E-state index is -0.359. The number of hydrogen-bond acceptors (Lipinski definition) is 4. The topological polar surface area (TPSA) is 96.9 Å². The lowest BCUT2D eigenvalue weighted by molar-refractivity contribution is -0.123. The third-order valence-electron chi connectivity index (χ3n) is 3.86. The minimum Gasteiger partial charge on any atom is -0.409 e. The third kappa shape index (κ3) is 5.36. The third-order valence-corrected chi connectivity index (χ3v) is 3.86. The highest BCUT2D eigenvalue weighted by Gasteiger charge is 2.28. The largest absolute Gasteiger partial charge is 0.409 e. The Labute approximate surface area is 120 Å². The first kappa shape index (κ1) is 16.8. The van der Waals surface area contributed by atoms with Crippen molar-refractivity contribution in [3.8, 4) is 0 Å². The lowest BCUT2D eigenvalue weighted by Crippen LogP contribution is -2.50. The van der Waals surface area contributed by atoms with E-state index >= 15 is 0 Å². The zero-order valence-corrected chi connectivity index (χ0v) is 12.5. The molecular formula is C14H27N3O3. The van der Waals surface area contributed by atoms with E-state index < -0.39 is 0 Å². The summed E-state index contributed by atoms with van der Waals surface area (Å²) in [5.74, 6) is 0.446. The van der Waals surface area contributed by atoms with E-state index in [2.05, 4.69) is 10.5 Å². The highest BCUT2D eigenvalue weighted by atomic mass is 16.5. The zero-order valence-electron chi connectivity index (χ0n) is 12.5. The molecule has 2 atom stereocenters. The Kier molecular flexibility index (Phi) is 7.36. The molecule has 1 amide bonds. The summed E-state index contributed by atoms with van der Waals surface area (Å²) in [6.45, 7) is 2.51. The van der Waals surface area contributed by atoms with Gasteiger partial charge in [0.1, 0.15) is 0 Å². The SMILES string of the molecule is COCC(C)CC(=O)NC(C(N)=NO)C1CCCCC1. The summed E-state index contributed by atoms with van der Waals surface area (Å²) < 4.78 is 5.03. The van der Waals surface area contributed by atoms with E-state index in [0.29, 0.717) is 13.0 Å². The van der Waals surface area contributed by atoms with E-state index in [9.17, 15) is 4.79 Å². The minimum absolute atomic E-state index is 0.0725. The quantitative estimate of drug-likeness (QED) is 0.285. The summed E-state index contributed by atoms with van der Waals surface area (Å²) in [4.78, 5) is 12.0. The van der Waals surface area contributed by atoms with E-state index in [-0.39, 0.29) is 29.6 Å². The Morgan fingerprint density at radius 2 is 2.10 bits per heavy atom. The van der Waals surface area contributed by atoms with Crippen LogP contribution in [0.5, 0.6) is 0 Å². The molecule has 1 rings (SSSR count). The number of methoxy groups -OCH3 is 1. The van der Waals surface area contributed by atoms with Crippen LogP contribution >= 0.6 is 0 Å². The molecule has 6 nitrogen and oxygen atoms in total. The van der Waals surface area contributed by atoms with Crippen molar-refractivity contribution in [1.29, 1.82) is 0 Å². The summed E-state index contributed by atoms with van der Waals surface area (Å²) in [6.07, 6.45) is 5.89. The molecule has 0 spiro atoms. The number of hydrogen-bond donors (Lipinski definition) is 3. The highest BCUT2D eigenvalue weighted by Crippen LogP contribution is 2.26. The summed E-state index contributed by atoms with van der Waals surface area (Å²) in [5.41, 5.74) is 5.75. The molecule has 20 heavy (non-hydrogen) atoms. The number of carbonyl (C=O) groups excluding carboxylic acids is 1. The van der Waals surface area contributed by atoms with Gasteiger partial charge in [-0.2, -0.15) is 0 Å². The van der Waals surface area contributed by atoms with E-state index in [4.69, 9.17) is 15.7 Å². The van der Waals surface area contributed by atoms with Crippen LogP contribution in [-0.4, -0.2) is 36.7 Å². The summed E-state index contributed by atoms with van der Waals surface area (Å²) in [7, 11) is 1.62. The molecular weight excluding hydrogens is 258 g/mol. The van der Waals surface area contributed by atoms with Crippen molar-refractivity contribution >= 4 is 11.7 Å². The lowest BCUT2D eigenvalue weighted by atomic mass is 9.83. The fraction of sp³-hybridized carbons (Fsp3) is 0.857. The molecule has 0 aromatic carbocycles. The predicted octanol–water partition coefficient (Wildman–Crippen LogP) is 1.47. The van der Waals surface area contributed by atoms with Crippen LogP contribution in [0, 0.1) is 11.8 Å². The summed E-state index contributed by atoms with van der Waals surface area (Å²) in [6, 6.07) is -0.359. The summed E-state index contributed by atoms with van der Waals surface area (Å²) >= 11 is 0. The van der Waals surface area contributed by atoms with Crippen molar-refractivity contribution in [2.75, 3.05) is 13.7 Å². The molecule has 0 bridgehead atoms. The molecule has 0 radical (unpaired) electrons. The maximum absolute atomic E-state index is 12.0. The second-order valence-electron chi connectivity index (χ2n) is 5.73. The van der Waals surface area contributed by atoms with Gasteiger partial charge < -0.3 is 21.0 Å². The van der Waals surface area contributed by atoms with Crippen LogP contribution in [0.15, 0.2) is 5.16 Å². The first-order valence-corrected chi connectivity index (χ1v) is 7.34. The smallest absolute Gasteiger partial charge is 0.220 e. The number of carbonyl (C=O) groups is 1. The number of amidine groups is 1. The normalized spacial score (nSPS) is 20.4. The number of nitrogens with two attached hydrogens (primary N) is 1. The van der Waals surface area contributed by atoms with Gasteiger partial charge in [0.05, 0.1) is 6.04 Å². The van der Waals surface area contributed by atoms with Gasteiger partial charge in [0.15, 0.2) is 5.84 Å². The van der Waals surface area contributed by atoms with Gasteiger partial charge in [0, 0.05) is 20.1 Å². The molecule has 1 aliphatic rings. The Morgan fingerprint density at radius 1 is 1.45 bits per heavy atom. The Bertz CT molecular complexity index is 328. The first-order valence-electron chi connectivity index (χ1n) is 7.34. The molecule has 2 unspecified atom stereocenters. The number of nitrogens with zero attached hydrogens (tertiary/aromatic N) is 1. The highest BCUT2D eigenvalue weighted by molar-refractivity contribution is 5.90. The first-order chi connectivity index (χ1) is 9.58. The number of rotatable bonds is 7. The van der Waals surface area contributed by atoms with Crippen LogP contribution in [0.2, 0.25) is 0 Å². The molecule has 0 heterocycles. The van der Waals surface area contributed by atoms with Crippen LogP contribution in [-0.2, 0) is 9.53 Å². The molecule has 1 aliphatic carbocycles. The molecule has 6 heteroatoms. The number of ether oxygens (including phenoxy) is 1. The van der Waals surface area contributed by atoms with Crippen LogP contribution in [0.1, 0.15) is 45.4 Å². The zero-order chi connectivity index (χ0) is 15.0. The van der Waals surface area contributed by atoms with Crippen molar-refractivity contribution in [2.24, 2.45) is 22.7 Å². The van der Waals surface area contributed by atoms with Gasteiger partial charge in [-0.15, -0.1) is 0 Å². The van der Waals surface area contributed by atoms with Crippen molar-refractivity contribution in [2.45, 2.75) is 51.5 Å². The second-order valence-corrected chi connectivity index (χ2v) is 5.73. The predicted molar refractivity (Wildman–Crippen MR) is 77.6 cm³/mol. The Balaban J connectivity index is 2.58. The van der Waals surface area contributed by atoms with Gasteiger partial charge in [-0.25, -0.2) is 0 Å². The van der Waals surface area contributed by atoms with Crippen molar-refractivity contribution in [3.63, 3.8) is 0 Å². The van der Waals surface area contributed by atoms with Gasteiger partial charge in [-0.3, -0.25) is 4.79 Å². The van der Waals surface area contributed by atoms with E-state index in [0.717, 1.165) is 25.7 Å². The van der Waals surface area contributed by atoms with E-state index in [1.54, 1.807) is 7.11 Å².